The molecule has 1 heterocycles. The molecule has 1 aromatic rings. The van der Waals surface area contributed by atoms with E-state index in [1.807, 2.05) is 4.90 Å². The highest BCUT2D eigenvalue weighted by Crippen LogP contribution is 2.28. The number of hydrogen-bond donors (Lipinski definition) is 1. The molecular formula is C13H15ClFNO2. The summed E-state index contributed by atoms with van der Waals surface area (Å²) in [5.74, 6) is -1.57. The minimum absolute atomic E-state index is 0.189. The van der Waals surface area contributed by atoms with Gasteiger partial charge in [-0.3, -0.25) is 9.69 Å². The van der Waals surface area contributed by atoms with Crippen LogP contribution in [0.25, 0.3) is 0 Å². The number of hydrogen-bond acceptors (Lipinski definition) is 2. The molecule has 0 amide bonds. The molecule has 0 radical (unpaired) electrons. The SMILES string of the molecule is O=C(O)C(c1ccc(Cl)cc1F)N1CCCCC1. The fraction of sp³-hybridized carbons (Fsp3) is 0.462. The monoisotopic (exact) mass is 271 g/mol. The Kier molecular flexibility index (Phi) is 4.19. The second kappa shape index (κ2) is 5.67. The van der Waals surface area contributed by atoms with Crippen LogP contribution in [0, 0.1) is 5.82 Å². The zero-order valence-electron chi connectivity index (χ0n) is 9.90. The van der Waals surface area contributed by atoms with Gasteiger partial charge in [0, 0.05) is 10.6 Å². The summed E-state index contributed by atoms with van der Waals surface area (Å²) in [4.78, 5) is 13.2. The van der Waals surface area contributed by atoms with Crippen molar-refractivity contribution in [2.45, 2.75) is 25.3 Å². The van der Waals surface area contributed by atoms with Crippen LogP contribution in [0.4, 0.5) is 4.39 Å². The first-order chi connectivity index (χ1) is 8.59. The molecule has 1 unspecified atom stereocenters. The molecule has 0 spiro atoms. The van der Waals surface area contributed by atoms with E-state index >= 15 is 0 Å². The average molecular weight is 272 g/mol. The van der Waals surface area contributed by atoms with E-state index in [9.17, 15) is 14.3 Å². The van der Waals surface area contributed by atoms with Crippen molar-refractivity contribution in [3.63, 3.8) is 0 Å². The van der Waals surface area contributed by atoms with E-state index in [-0.39, 0.29) is 10.6 Å². The molecule has 0 aliphatic carbocycles. The van der Waals surface area contributed by atoms with Crippen molar-refractivity contribution in [3.8, 4) is 0 Å². The summed E-state index contributed by atoms with van der Waals surface area (Å²) < 4.78 is 13.8. The van der Waals surface area contributed by atoms with Gasteiger partial charge in [0.2, 0.25) is 0 Å². The molecule has 1 aliphatic rings. The molecule has 0 bridgehead atoms. The van der Waals surface area contributed by atoms with Crippen LogP contribution >= 0.6 is 11.6 Å². The van der Waals surface area contributed by atoms with Crippen molar-refractivity contribution in [1.29, 1.82) is 0 Å². The van der Waals surface area contributed by atoms with Crippen molar-refractivity contribution >= 4 is 17.6 Å². The Hall–Kier alpha value is -1.13. The third-order valence-corrected chi connectivity index (χ3v) is 3.48. The van der Waals surface area contributed by atoms with Gasteiger partial charge in [0.05, 0.1) is 0 Å². The first-order valence-electron chi connectivity index (χ1n) is 6.01. The van der Waals surface area contributed by atoms with E-state index in [0.717, 1.165) is 25.3 Å². The van der Waals surface area contributed by atoms with Crippen LogP contribution in [0.5, 0.6) is 0 Å². The number of carboxylic acids is 1. The maximum absolute atomic E-state index is 13.8. The van der Waals surface area contributed by atoms with Gasteiger partial charge in [0.15, 0.2) is 0 Å². The maximum Gasteiger partial charge on any atom is 0.325 e. The number of carboxylic acid groups (broad SMARTS) is 1. The van der Waals surface area contributed by atoms with Crippen LogP contribution in [-0.4, -0.2) is 29.1 Å². The van der Waals surface area contributed by atoms with E-state index in [0.29, 0.717) is 13.1 Å². The zero-order valence-corrected chi connectivity index (χ0v) is 10.7. The summed E-state index contributed by atoms with van der Waals surface area (Å²) in [6.07, 6.45) is 3.02. The Balaban J connectivity index is 2.31. The molecule has 2 rings (SSSR count). The molecular weight excluding hydrogens is 257 g/mol. The highest BCUT2D eigenvalue weighted by molar-refractivity contribution is 6.30. The smallest absolute Gasteiger partial charge is 0.325 e. The van der Waals surface area contributed by atoms with Crippen LogP contribution in [0.15, 0.2) is 18.2 Å². The van der Waals surface area contributed by atoms with E-state index < -0.39 is 17.8 Å². The molecule has 3 nitrogen and oxygen atoms in total. The fourth-order valence-corrected chi connectivity index (χ4v) is 2.54. The lowest BCUT2D eigenvalue weighted by atomic mass is 10.0. The lowest BCUT2D eigenvalue weighted by Crippen LogP contribution is -2.38. The molecule has 1 fully saturated rings. The summed E-state index contributed by atoms with van der Waals surface area (Å²) in [6, 6.07) is 3.24. The molecule has 0 aromatic heterocycles. The quantitative estimate of drug-likeness (QED) is 0.918. The van der Waals surface area contributed by atoms with Gasteiger partial charge in [-0.25, -0.2) is 4.39 Å². The molecule has 98 valence electrons. The first-order valence-corrected chi connectivity index (χ1v) is 6.39. The van der Waals surface area contributed by atoms with Crippen molar-refractivity contribution in [1.82, 2.24) is 4.90 Å². The molecule has 1 saturated heterocycles. The maximum atomic E-state index is 13.8. The lowest BCUT2D eigenvalue weighted by Gasteiger charge is -2.32. The predicted octanol–water partition coefficient (Wildman–Crippen LogP) is 3.09. The Morgan fingerprint density at radius 2 is 2.00 bits per heavy atom. The Morgan fingerprint density at radius 3 is 2.56 bits per heavy atom. The van der Waals surface area contributed by atoms with Gasteiger partial charge in [-0.2, -0.15) is 0 Å². The summed E-state index contributed by atoms with van der Waals surface area (Å²) in [6.45, 7) is 1.39. The predicted molar refractivity (Wildman–Crippen MR) is 67.2 cm³/mol. The van der Waals surface area contributed by atoms with Crippen molar-refractivity contribution in [2.24, 2.45) is 0 Å². The Morgan fingerprint density at radius 1 is 1.33 bits per heavy atom. The molecule has 0 saturated carbocycles. The fourth-order valence-electron chi connectivity index (χ4n) is 2.39. The number of carbonyl (C=O) groups is 1. The molecule has 1 aliphatic heterocycles. The minimum atomic E-state index is -1.02. The second-order valence-corrected chi connectivity index (χ2v) is 4.94. The topological polar surface area (TPSA) is 40.5 Å². The van der Waals surface area contributed by atoms with Crippen molar-refractivity contribution in [2.75, 3.05) is 13.1 Å². The first kappa shape index (κ1) is 13.3. The van der Waals surface area contributed by atoms with Gasteiger partial charge in [0.25, 0.3) is 0 Å². The van der Waals surface area contributed by atoms with Gasteiger partial charge in [-0.15, -0.1) is 0 Å². The van der Waals surface area contributed by atoms with Gasteiger partial charge < -0.3 is 5.11 Å². The Labute approximate surface area is 110 Å². The van der Waals surface area contributed by atoms with Crippen LogP contribution in [-0.2, 0) is 4.79 Å². The number of benzene rings is 1. The van der Waals surface area contributed by atoms with Gasteiger partial charge >= 0.3 is 5.97 Å². The summed E-state index contributed by atoms with van der Waals surface area (Å²) in [7, 11) is 0. The number of nitrogens with zero attached hydrogens (tertiary/aromatic N) is 1. The lowest BCUT2D eigenvalue weighted by molar-refractivity contribution is -0.144. The zero-order chi connectivity index (χ0) is 13.1. The van der Waals surface area contributed by atoms with Gasteiger partial charge in [-0.1, -0.05) is 24.1 Å². The molecule has 18 heavy (non-hydrogen) atoms. The van der Waals surface area contributed by atoms with Gasteiger partial charge in [-0.05, 0) is 38.1 Å². The normalized spacial score (nSPS) is 18.6. The third kappa shape index (κ3) is 2.82. The molecule has 5 heteroatoms. The number of halogens is 2. The van der Waals surface area contributed by atoms with Crippen LogP contribution in [0.3, 0.4) is 0 Å². The van der Waals surface area contributed by atoms with Crippen LogP contribution in [0.2, 0.25) is 5.02 Å². The standard InChI is InChI=1S/C13H15ClFNO2/c14-9-4-5-10(11(15)8-9)12(13(17)18)16-6-2-1-3-7-16/h4-5,8,12H,1-3,6-7H2,(H,17,18). The van der Waals surface area contributed by atoms with Crippen molar-refractivity contribution < 1.29 is 14.3 Å². The van der Waals surface area contributed by atoms with E-state index in [1.165, 1.54) is 12.1 Å². The summed E-state index contributed by atoms with van der Waals surface area (Å²) >= 11 is 5.69. The average Bonchev–Trinajstić information content (AvgIpc) is 2.33. The summed E-state index contributed by atoms with van der Waals surface area (Å²) in [5, 5.41) is 9.61. The molecule has 1 atom stereocenters. The highest BCUT2D eigenvalue weighted by Gasteiger charge is 2.30. The van der Waals surface area contributed by atoms with Crippen LogP contribution < -0.4 is 0 Å². The van der Waals surface area contributed by atoms with Crippen LogP contribution in [0.1, 0.15) is 30.9 Å². The van der Waals surface area contributed by atoms with Crippen molar-refractivity contribution in [3.05, 3.63) is 34.6 Å². The largest absolute Gasteiger partial charge is 0.480 e. The number of likely N-dealkylation sites (tertiary alicyclic amines) is 1. The number of rotatable bonds is 3. The van der Waals surface area contributed by atoms with E-state index in [2.05, 4.69) is 0 Å². The number of piperidine rings is 1. The minimum Gasteiger partial charge on any atom is -0.480 e. The Bertz CT molecular complexity index is 447. The summed E-state index contributed by atoms with van der Waals surface area (Å²) in [5.41, 5.74) is 0.189. The second-order valence-electron chi connectivity index (χ2n) is 4.50. The van der Waals surface area contributed by atoms with E-state index in [4.69, 9.17) is 11.6 Å². The number of aliphatic carboxylic acids is 1. The molecule has 1 N–H and O–H groups in total. The van der Waals surface area contributed by atoms with Gasteiger partial charge in [0.1, 0.15) is 11.9 Å². The highest BCUT2D eigenvalue weighted by atomic mass is 35.5. The van der Waals surface area contributed by atoms with E-state index in [1.54, 1.807) is 0 Å². The third-order valence-electron chi connectivity index (χ3n) is 3.25. The molecule has 1 aromatic carbocycles.